The molecular weight excluding hydrogens is 479 g/mol. The topological polar surface area (TPSA) is 115 Å². The van der Waals surface area contributed by atoms with Gasteiger partial charge in [-0.2, -0.15) is 13.2 Å². The number of alkyl halides is 3. The number of sulfonamides is 1. The number of fused-ring (bicyclic) bond motifs is 2. The standard InChI is InChI=1S/C22H16F3NO7S/c1-31-14-4-3-5-15-17(14)19(27)18-16(33-15)10-13(21(32-2)20(18)28)26-34(29,30)12-8-6-11(7-9-12)22(23,24)25/h3-10,26,28H,1-2H3. The molecule has 0 aliphatic rings. The molecule has 3 aromatic carbocycles. The zero-order chi connectivity index (χ0) is 24.8. The first kappa shape index (κ1) is 23.2. The smallest absolute Gasteiger partial charge is 0.416 e. The van der Waals surface area contributed by atoms with Gasteiger partial charge in [-0.3, -0.25) is 9.52 Å². The van der Waals surface area contributed by atoms with Crippen LogP contribution < -0.4 is 19.6 Å². The van der Waals surface area contributed by atoms with Gasteiger partial charge in [0.1, 0.15) is 27.7 Å². The first-order valence-corrected chi connectivity index (χ1v) is 11.0. The van der Waals surface area contributed by atoms with E-state index in [-0.39, 0.29) is 39.1 Å². The van der Waals surface area contributed by atoms with Crippen molar-refractivity contribution in [1.29, 1.82) is 0 Å². The van der Waals surface area contributed by atoms with Crippen molar-refractivity contribution in [3.05, 3.63) is 64.3 Å². The van der Waals surface area contributed by atoms with Crippen molar-refractivity contribution in [3.63, 3.8) is 0 Å². The molecule has 34 heavy (non-hydrogen) atoms. The van der Waals surface area contributed by atoms with Gasteiger partial charge in [0, 0.05) is 6.07 Å². The molecular formula is C22H16F3NO7S. The predicted molar refractivity (Wildman–Crippen MR) is 117 cm³/mol. The van der Waals surface area contributed by atoms with Crippen LogP contribution in [0.25, 0.3) is 21.9 Å². The van der Waals surface area contributed by atoms with Crippen molar-refractivity contribution in [2.75, 3.05) is 18.9 Å². The van der Waals surface area contributed by atoms with Crippen molar-refractivity contribution in [2.24, 2.45) is 0 Å². The van der Waals surface area contributed by atoms with Gasteiger partial charge in [-0.05, 0) is 36.4 Å². The van der Waals surface area contributed by atoms with E-state index in [1.54, 1.807) is 6.07 Å². The summed E-state index contributed by atoms with van der Waals surface area (Å²) in [5.41, 5.74) is -1.98. The van der Waals surface area contributed by atoms with Crippen LogP contribution in [0.3, 0.4) is 0 Å². The van der Waals surface area contributed by atoms with Gasteiger partial charge in [-0.25, -0.2) is 8.42 Å². The van der Waals surface area contributed by atoms with E-state index < -0.39 is 37.8 Å². The summed E-state index contributed by atoms with van der Waals surface area (Å²) in [5, 5.41) is 10.5. The van der Waals surface area contributed by atoms with E-state index in [9.17, 15) is 31.5 Å². The van der Waals surface area contributed by atoms with Gasteiger partial charge in [0.2, 0.25) is 5.43 Å². The van der Waals surface area contributed by atoms with E-state index >= 15 is 0 Å². The lowest BCUT2D eigenvalue weighted by atomic mass is 10.1. The average Bonchev–Trinajstić information content (AvgIpc) is 2.78. The van der Waals surface area contributed by atoms with Gasteiger partial charge in [0.05, 0.1) is 30.4 Å². The largest absolute Gasteiger partial charge is 0.504 e. The van der Waals surface area contributed by atoms with Crippen molar-refractivity contribution in [3.8, 4) is 17.2 Å². The molecule has 0 spiro atoms. The van der Waals surface area contributed by atoms with Gasteiger partial charge >= 0.3 is 6.18 Å². The first-order chi connectivity index (χ1) is 16.0. The molecule has 0 amide bonds. The monoisotopic (exact) mass is 495 g/mol. The molecule has 0 bridgehead atoms. The van der Waals surface area contributed by atoms with Crippen molar-refractivity contribution in [1.82, 2.24) is 0 Å². The molecule has 4 rings (SSSR count). The molecule has 0 aliphatic heterocycles. The van der Waals surface area contributed by atoms with E-state index in [4.69, 9.17) is 13.9 Å². The highest BCUT2D eigenvalue weighted by Crippen LogP contribution is 2.42. The number of rotatable bonds is 5. The third-order valence-electron chi connectivity index (χ3n) is 5.04. The maximum Gasteiger partial charge on any atom is 0.416 e. The third-order valence-corrected chi connectivity index (χ3v) is 6.42. The molecule has 12 heteroatoms. The number of nitrogens with one attached hydrogen (secondary N) is 1. The third kappa shape index (κ3) is 3.85. The summed E-state index contributed by atoms with van der Waals surface area (Å²) in [4.78, 5) is 12.6. The Bertz CT molecular complexity index is 1580. The molecule has 1 aromatic heterocycles. The normalized spacial score (nSPS) is 12.1. The number of hydrogen-bond donors (Lipinski definition) is 2. The second-order valence-electron chi connectivity index (χ2n) is 7.07. The van der Waals surface area contributed by atoms with Gasteiger partial charge in [-0.15, -0.1) is 0 Å². The number of methoxy groups -OCH3 is 2. The number of hydrogen-bond acceptors (Lipinski definition) is 7. The second-order valence-corrected chi connectivity index (χ2v) is 8.75. The molecule has 0 unspecified atom stereocenters. The van der Waals surface area contributed by atoms with Crippen molar-refractivity contribution < 1.29 is 40.6 Å². The molecule has 0 saturated heterocycles. The highest BCUT2D eigenvalue weighted by molar-refractivity contribution is 7.92. The fraction of sp³-hybridized carbons (Fsp3) is 0.136. The lowest BCUT2D eigenvalue weighted by molar-refractivity contribution is -0.137. The number of anilines is 1. The Morgan fingerprint density at radius 1 is 0.971 bits per heavy atom. The lowest BCUT2D eigenvalue weighted by Crippen LogP contribution is -2.15. The van der Waals surface area contributed by atoms with E-state index in [1.807, 2.05) is 0 Å². The summed E-state index contributed by atoms with van der Waals surface area (Å²) in [7, 11) is -1.91. The fourth-order valence-corrected chi connectivity index (χ4v) is 4.52. The van der Waals surface area contributed by atoms with E-state index in [2.05, 4.69) is 4.72 Å². The molecule has 1 heterocycles. The highest BCUT2D eigenvalue weighted by atomic mass is 32.2. The Hall–Kier alpha value is -3.93. The molecule has 0 fully saturated rings. The summed E-state index contributed by atoms with van der Waals surface area (Å²) >= 11 is 0. The average molecular weight is 495 g/mol. The summed E-state index contributed by atoms with van der Waals surface area (Å²) < 4.78 is 82.1. The fourth-order valence-electron chi connectivity index (χ4n) is 3.47. The minimum atomic E-state index is -4.63. The predicted octanol–water partition coefficient (Wildman–Crippen LogP) is 4.49. The summed E-state index contributed by atoms with van der Waals surface area (Å²) in [6.45, 7) is 0. The van der Waals surface area contributed by atoms with Crippen LogP contribution in [0.2, 0.25) is 0 Å². The first-order valence-electron chi connectivity index (χ1n) is 9.51. The molecule has 178 valence electrons. The van der Waals surface area contributed by atoms with Crippen LogP contribution in [0.4, 0.5) is 18.9 Å². The molecule has 2 N–H and O–H groups in total. The number of ether oxygens (including phenoxy) is 2. The Balaban J connectivity index is 1.87. The SMILES string of the molecule is COc1c(NS(=O)(=O)c2ccc(C(F)(F)F)cc2)cc2oc3cccc(OC)c3c(=O)c2c1O. The van der Waals surface area contributed by atoms with Crippen LogP contribution in [0, 0.1) is 0 Å². The zero-order valence-corrected chi connectivity index (χ0v) is 18.4. The maximum absolute atomic E-state index is 13.1. The Morgan fingerprint density at radius 3 is 2.24 bits per heavy atom. The maximum atomic E-state index is 13.1. The van der Waals surface area contributed by atoms with Crippen LogP contribution in [-0.4, -0.2) is 27.7 Å². The Kier molecular flexibility index (Phi) is 5.56. The number of halogens is 3. The van der Waals surface area contributed by atoms with E-state index in [0.717, 1.165) is 25.3 Å². The second kappa shape index (κ2) is 8.13. The van der Waals surface area contributed by atoms with Crippen LogP contribution in [0.15, 0.2) is 62.6 Å². The van der Waals surface area contributed by atoms with Gasteiger partial charge in [0.15, 0.2) is 11.5 Å². The molecule has 8 nitrogen and oxygen atoms in total. The van der Waals surface area contributed by atoms with Gasteiger partial charge < -0.3 is 19.0 Å². The van der Waals surface area contributed by atoms with E-state index in [1.165, 1.54) is 19.2 Å². The van der Waals surface area contributed by atoms with Crippen molar-refractivity contribution in [2.45, 2.75) is 11.1 Å². The highest BCUT2D eigenvalue weighted by Gasteiger charge is 2.31. The Morgan fingerprint density at radius 2 is 1.65 bits per heavy atom. The van der Waals surface area contributed by atoms with Gasteiger partial charge in [-0.1, -0.05) is 6.07 Å². The lowest BCUT2D eigenvalue weighted by Gasteiger charge is -2.15. The number of aromatic hydroxyl groups is 1. The zero-order valence-electron chi connectivity index (χ0n) is 17.6. The summed E-state index contributed by atoms with van der Waals surface area (Å²) in [5.74, 6) is -0.866. The Labute approximate surface area is 190 Å². The molecule has 0 saturated carbocycles. The molecule has 4 aromatic rings. The quantitative estimate of drug-likeness (QED) is 0.392. The number of phenols is 1. The molecule has 0 radical (unpaired) electrons. The molecule has 0 aliphatic carbocycles. The number of benzene rings is 3. The molecule has 0 atom stereocenters. The minimum absolute atomic E-state index is 0.0629. The van der Waals surface area contributed by atoms with Crippen molar-refractivity contribution >= 4 is 37.6 Å². The van der Waals surface area contributed by atoms with Crippen LogP contribution in [0.5, 0.6) is 17.2 Å². The summed E-state index contributed by atoms with van der Waals surface area (Å²) in [6, 6.07) is 8.57. The number of phenolic OH excluding ortho intramolecular Hbond substituents is 1. The summed E-state index contributed by atoms with van der Waals surface area (Å²) in [6.07, 6.45) is -4.63. The van der Waals surface area contributed by atoms with E-state index in [0.29, 0.717) is 12.1 Å². The van der Waals surface area contributed by atoms with Crippen LogP contribution >= 0.6 is 0 Å². The van der Waals surface area contributed by atoms with Gasteiger partial charge in [0.25, 0.3) is 10.0 Å². The van der Waals surface area contributed by atoms with Crippen LogP contribution in [-0.2, 0) is 16.2 Å². The minimum Gasteiger partial charge on any atom is -0.504 e. The van der Waals surface area contributed by atoms with Crippen LogP contribution in [0.1, 0.15) is 5.56 Å².